The van der Waals surface area contributed by atoms with E-state index in [0.29, 0.717) is 5.75 Å². The molecule has 0 unspecified atom stereocenters. The van der Waals surface area contributed by atoms with Gasteiger partial charge >= 0.3 is 0 Å². The molecular weight excluding hydrogens is 324 g/mol. The van der Waals surface area contributed by atoms with Crippen molar-refractivity contribution in [1.29, 1.82) is 0 Å². The standard InChI is InChI=1S/C18H22N2O3S/c1-12-3-9-15(10-4-12)24(21,22)17-16(18(17,20)11-19)13-5-7-14(23-2)8-6-13/h3-10,16-17H,11,19-20H2,1-2H3/t16-,17+,18+/m1/s1. The third-order valence-electron chi connectivity index (χ3n) is 4.81. The summed E-state index contributed by atoms with van der Waals surface area (Å²) in [6.07, 6.45) is 0. The topological polar surface area (TPSA) is 95.4 Å². The first-order valence-corrected chi connectivity index (χ1v) is 9.32. The number of ether oxygens (including phenoxy) is 1. The van der Waals surface area contributed by atoms with Crippen molar-refractivity contribution in [2.24, 2.45) is 11.5 Å². The molecule has 0 heterocycles. The zero-order valence-electron chi connectivity index (χ0n) is 13.8. The van der Waals surface area contributed by atoms with Crippen LogP contribution in [0.4, 0.5) is 0 Å². The van der Waals surface area contributed by atoms with E-state index in [1.54, 1.807) is 43.5 Å². The van der Waals surface area contributed by atoms with Crippen molar-refractivity contribution in [2.75, 3.05) is 13.7 Å². The highest BCUT2D eigenvalue weighted by Crippen LogP contribution is 2.55. The summed E-state index contributed by atoms with van der Waals surface area (Å²) in [5.74, 6) is 0.396. The molecule has 128 valence electrons. The van der Waals surface area contributed by atoms with E-state index in [-0.39, 0.29) is 17.4 Å². The monoisotopic (exact) mass is 346 g/mol. The molecule has 0 radical (unpaired) electrons. The van der Waals surface area contributed by atoms with Gasteiger partial charge in [-0.1, -0.05) is 29.8 Å². The summed E-state index contributed by atoms with van der Waals surface area (Å²) in [7, 11) is -1.96. The zero-order valence-corrected chi connectivity index (χ0v) is 14.6. The van der Waals surface area contributed by atoms with Crippen LogP contribution in [0.3, 0.4) is 0 Å². The Labute approximate surface area is 142 Å². The van der Waals surface area contributed by atoms with E-state index in [4.69, 9.17) is 16.2 Å². The number of benzene rings is 2. The van der Waals surface area contributed by atoms with Crippen molar-refractivity contribution in [1.82, 2.24) is 0 Å². The van der Waals surface area contributed by atoms with Crippen LogP contribution in [-0.4, -0.2) is 32.9 Å². The fraction of sp³-hybridized carbons (Fsp3) is 0.333. The van der Waals surface area contributed by atoms with Gasteiger partial charge < -0.3 is 16.2 Å². The molecule has 1 aliphatic carbocycles. The van der Waals surface area contributed by atoms with Crippen LogP contribution in [0.1, 0.15) is 17.0 Å². The van der Waals surface area contributed by atoms with Gasteiger partial charge in [0.1, 0.15) is 5.75 Å². The molecule has 3 atom stereocenters. The number of nitrogens with two attached hydrogens (primary N) is 2. The molecule has 6 heteroatoms. The number of rotatable bonds is 5. The molecule has 1 fully saturated rings. The molecule has 0 aliphatic heterocycles. The van der Waals surface area contributed by atoms with Crippen molar-refractivity contribution in [3.8, 4) is 5.75 Å². The molecular formula is C18H22N2O3S. The van der Waals surface area contributed by atoms with E-state index in [2.05, 4.69) is 0 Å². The number of methoxy groups -OCH3 is 1. The molecule has 5 nitrogen and oxygen atoms in total. The van der Waals surface area contributed by atoms with Crippen LogP contribution in [-0.2, 0) is 9.84 Å². The minimum Gasteiger partial charge on any atom is -0.497 e. The van der Waals surface area contributed by atoms with Gasteiger partial charge in [0.2, 0.25) is 0 Å². The van der Waals surface area contributed by atoms with Crippen LogP contribution in [0.15, 0.2) is 53.4 Å². The van der Waals surface area contributed by atoms with Gasteiger partial charge in [0.25, 0.3) is 0 Å². The Morgan fingerprint density at radius 1 is 1.08 bits per heavy atom. The van der Waals surface area contributed by atoms with Crippen molar-refractivity contribution in [3.05, 3.63) is 59.7 Å². The second-order valence-electron chi connectivity index (χ2n) is 6.35. The maximum Gasteiger partial charge on any atom is 0.183 e. The first-order valence-electron chi connectivity index (χ1n) is 7.78. The molecule has 2 aromatic carbocycles. The molecule has 0 bridgehead atoms. The summed E-state index contributed by atoms with van der Waals surface area (Å²) in [5.41, 5.74) is 13.1. The van der Waals surface area contributed by atoms with Crippen LogP contribution >= 0.6 is 0 Å². The molecule has 4 N–H and O–H groups in total. The minimum atomic E-state index is -3.55. The predicted molar refractivity (Wildman–Crippen MR) is 93.9 cm³/mol. The van der Waals surface area contributed by atoms with Crippen molar-refractivity contribution >= 4 is 9.84 Å². The number of aryl methyl sites for hydroxylation is 1. The van der Waals surface area contributed by atoms with E-state index in [1.165, 1.54) is 0 Å². The van der Waals surface area contributed by atoms with Crippen molar-refractivity contribution in [2.45, 2.75) is 28.5 Å². The molecule has 1 saturated carbocycles. The van der Waals surface area contributed by atoms with E-state index >= 15 is 0 Å². The van der Waals surface area contributed by atoms with Gasteiger partial charge in [-0.3, -0.25) is 0 Å². The molecule has 0 spiro atoms. The van der Waals surface area contributed by atoms with E-state index in [1.807, 2.05) is 19.1 Å². The number of sulfone groups is 1. The Bertz CT molecular complexity index is 832. The molecule has 24 heavy (non-hydrogen) atoms. The Morgan fingerprint density at radius 2 is 1.67 bits per heavy atom. The molecule has 3 rings (SSSR count). The van der Waals surface area contributed by atoms with E-state index in [9.17, 15) is 8.42 Å². The lowest BCUT2D eigenvalue weighted by atomic mass is 10.1. The van der Waals surface area contributed by atoms with Crippen LogP contribution in [0.5, 0.6) is 5.75 Å². The highest BCUT2D eigenvalue weighted by Gasteiger charge is 2.68. The first-order chi connectivity index (χ1) is 11.3. The average Bonchev–Trinajstić information content (AvgIpc) is 3.23. The summed E-state index contributed by atoms with van der Waals surface area (Å²) in [4.78, 5) is 0.289. The van der Waals surface area contributed by atoms with Gasteiger partial charge in [-0.25, -0.2) is 8.42 Å². The molecule has 2 aromatic rings. The van der Waals surface area contributed by atoms with Gasteiger partial charge in [0.05, 0.1) is 22.8 Å². The van der Waals surface area contributed by atoms with Crippen molar-refractivity contribution in [3.63, 3.8) is 0 Å². The second-order valence-corrected chi connectivity index (χ2v) is 8.42. The van der Waals surface area contributed by atoms with E-state index < -0.39 is 20.6 Å². The number of hydrogen-bond acceptors (Lipinski definition) is 5. The molecule has 1 aliphatic rings. The third-order valence-corrected chi connectivity index (χ3v) is 7.12. The second kappa shape index (κ2) is 5.88. The van der Waals surface area contributed by atoms with Crippen LogP contribution in [0.2, 0.25) is 0 Å². The van der Waals surface area contributed by atoms with E-state index in [0.717, 1.165) is 11.1 Å². The Balaban J connectivity index is 1.98. The van der Waals surface area contributed by atoms with Gasteiger partial charge in [0, 0.05) is 12.5 Å². The zero-order chi connectivity index (χ0) is 17.5. The van der Waals surface area contributed by atoms with Gasteiger partial charge in [-0.05, 0) is 36.8 Å². The molecule has 0 saturated heterocycles. The lowest BCUT2D eigenvalue weighted by molar-refractivity contribution is 0.414. The third kappa shape index (κ3) is 2.60. The smallest absolute Gasteiger partial charge is 0.183 e. The highest BCUT2D eigenvalue weighted by molar-refractivity contribution is 7.92. The summed E-state index contributed by atoms with van der Waals surface area (Å²) in [6.45, 7) is 2.03. The first kappa shape index (κ1) is 17.0. The quantitative estimate of drug-likeness (QED) is 0.857. The summed E-state index contributed by atoms with van der Waals surface area (Å²) in [6, 6.07) is 14.2. The molecule has 0 aromatic heterocycles. The Hall–Kier alpha value is -1.89. The number of hydrogen-bond donors (Lipinski definition) is 2. The normalized spacial score (nSPS) is 26.2. The maximum absolute atomic E-state index is 13.0. The van der Waals surface area contributed by atoms with Crippen LogP contribution in [0.25, 0.3) is 0 Å². The lowest BCUT2D eigenvalue weighted by Gasteiger charge is -2.09. The van der Waals surface area contributed by atoms with Crippen molar-refractivity contribution < 1.29 is 13.2 Å². The highest BCUT2D eigenvalue weighted by atomic mass is 32.2. The maximum atomic E-state index is 13.0. The fourth-order valence-corrected chi connectivity index (χ4v) is 5.62. The lowest BCUT2D eigenvalue weighted by Crippen LogP contribution is -2.39. The summed E-state index contributed by atoms with van der Waals surface area (Å²) in [5, 5.41) is -0.717. The SMILES string of the molecule is COc1ccc([C@@H]2[C@H](S(=O)(=O)c3ccc(C)cc3)[C@]2(N)CN)cc1. The Kier molecular flexibility index (Phi) is 4.15. The van der Waals surface area contributed by atoms with Gasteiger partial charge in [0.15, 0.2) is 9.84 Å². The summed E-state index contributed by atoms with van der Waals surface area (Å²) < 4.78 is 31.2. The van der Waals surface area contributed by atoms with Crippen LogP contribution < -0.4 is 16.2 Å². The largest absolute Gasteiger partial charge is 0.497 e. The minimum absolute atomic E-state index is 0.111. The Morgan fingerprint density at radius 3 is 2.17 bits per heavy atom. The predicted octanol–water partition coefficient (Wildman–Crippen LogP) is 1.60. The fourth-order valence-electron chi connectivity index (χ4n) is 3.30. The molecule has 0 amide bonds. The van der Waals surface area contributed by atoms with Gasteiger partial charge in [-0.15, -0.1) is 0 Å². The summed E-state index contributed by atoms with van der Waals surface area (Å²) >= 11 is 0. The van der Waals surface area contributed by atoms with Crippen LogP contribution in [0, 0.1) is 6.92 Å². The van der Waals surface area contributed by atoms with Gasteiger partial charge in [-0.2, -0.15) is 0 Å². The average molecular weight is 346 g/mol.